The number of rotatable bonds is 3. The predicted molar refractivity (Wildman–Crippen MR) is 119 cm³/mol. The number of hydrogen-bond donors (Lipinski definition) is 0. The summed E-state index contributed by atoms with van der Waals surface area (Å²) < 4.78 is 0. The van der Waals surface area contributed by atoms with Crippen LogP contribution in [0.2, 0.25) is 0 Å². The topological polar surface area (TPSA) is 36.1 Å². The molecule has 0 bridgehead atoms. The molecule has 1 atom stereocenters. The molecule has 0 aliphatic heterocycles. The summed E-state index contributed by atoms with van der Waals surface area (Å²) >= 11 is 5.22. The second-order valence-electron chi connectivity index (χ2n) is 8.04. The Kier molecular flexibility index (Phi) is 5.07. The minimum Gasteiger partial charge on any atom is -0.243 e. The number of nitrogens with zero attached hydrogens (tertiary/aromatic N) is 2. The number of thiophene rings is 3. The van der Waals surface area contributed by atoms with Gasteiger partial charge in [0.2, 0.25) is 0 Å². The van der Waals surface area contributed by atoms with Crippen LogP contribution in [0.3, 0.4) is 0 Å². The molecule has 0 saturated carbocycles. The zero-order valence-electron chi connectivity index (χ0n) is 15.8. The molecule has 138 valence electrons. The summed E-state index contributed by atoms with van der Waals surface area (Å²) in [6, 6.07) is 10.9. The van der Waals surface area contributed by atoms with E-state index in [4.69, 9.17) is 4.99 Å². The van der Waals surface area contributed by atoms with Crippen LogP contribution in [0.15, 0.2) is 34.6 Å². The smallest absolute Gasteiger partial charge is 0.134 e. The van der Waals surface area contributed by atoms with Crippen molar-refractivity contribution in [3.63, 3.8) is 0 Å². The molecule has 5 heteroatoms. The van der Waals surface area contributed by atoms with E-state index in [1.165, 1.54) is 26.6 Å². The Morgan fingerprint density at radius 1 is 1.19 bits per heavy atom. The molecule has 1 aliphatic rings. The Bertz CT molecular complexity index is 1010. The predicted octanol–water partition coefficient (Wildman–Crippen LogP) is 7.31. The Hall–Kier alpha value is -1.74. The Labute approximate surface area is 172 Å². The van der Waals surface area contributed by atoms with Crippen LogP contribution in [0.4, 0.5) is 5.00 Å². The summed E-state index contributed by atoms with van der Waals surface area (Å²) in [5.41, 5.74) is 2.36. The van der Waals surface area contributed by atoms with Crippen molar-refractivity contribution in [3.05, 3.63) is 50.5 Å². The van der Waals surface area contributed by atoms with E-state index in [9.17, 15) is 5.26 Å². The first-order valence-electron chi connectivity index (χ1n) is 9.18. The molecule has 3 aromatic rings. The number of nitriles is 1. The first-order valence-corrected chi connectivity index (χ1v) is 11.7. The zero-order valence-corrected chi connectivity index (χ0v) is 18.2. The largest absolute Gasteiger partial charge is 0.243 e. The fourth-order valence-corrected chi connectivity index (χ4v) is 6.55. The van der Waals surface area contributed by atoms with Gasteiger partial charge >= 0.3 is 0 Å². The molecule has 0 radical (unpaired) electrons. The van der Waals surface area contributed by atoms with E-state index in [0.717, 1.165) is 28.3 Å². The minimum absolute atomic E-state index is 0.313. The molecule has 0 spiro atoms. The van der Waals surface area contributed by atoms with Crippen molar-refractivity contribution >= 4 is 45.2 Å². The van der Waals surface area contributed by atoms with Crippen LogP contribution in [0.5, 0.6) is 0 Å². The number of fused-ring (bicyclic) bond motifs is 1. The van der Waals surface area contributed by atoms with Crippen LogP contribution in [0, 0.1) is 22.7 Å². The van der Waals surface area contributed by atoms with Crippen LogP contribution in [0.1, 0.15) is 48.1 Å². The molecule has 0 fully saturated rings. The zero-order chi connectivity index (χ0) is 19.0. The molecule has 4 rings (SSSR count). The van der Waals surface area contributed by atoms with Gasteiger partial charge in [0, 0.05) is 25.7 Å². The molecule has 3 heterocycles. The Balaban J connectivity index is 1.59. The maximum Gasteiger partial charge on any atom is 0.134 e. The maximum atomic E-state index is 9.70. The van der Waals surface area contributed by atoms with Gasteiger partial charge in [-0.15, -0.1) is 34.0 Å². The first-order chi connectivity index (χ1) is 13.0. The molecule has 0 saturated heterocycles. The van der Waals surface area contributed by atoms with Crippen LogP contribution >= 0.6 is 34.0 Å². The molecule has 1 unspecified atom stereocenters. The standard InChI is InChI=1S/C22H22N2S3/c1-22(2,3)14-6-8-16-17(12-23)21(27-20(16)11-14)24-13-15-7-9-19(26-15)18-5-4-10-25-18/h4-5,7,9-10,13-14H,6,8,11H2,1-3H3. The molecular formula is C22H22N2S3. The van der Waals surface area contributed by atoms with Crippen molar-refractivity contribution in [2.45, 2.75) is 40.0 Å². The van der Waals surface area contributed by atoms with Gasteiger partial charge in [-0.1, -0.05) is 26.8 Å². The minimum atomic E-state index is 0.313. The maximum absolute atomic E-state index is 9.70. The average Bonchev–Trinajstić information content (AvgIpc) is 3.36. The van der Waals surface area contributed by atoms with Crippen molar-refractivity contribution in [3.8, 4) is 15.8 Å². The fourth-order valence-electron chi connectivity index (χ4n) is 3.61. The van der Waals surface area contributed by atoms with Gasteiger partial charge in [0.1, 0.15) is 11.1 Å². The van der Waals surface area contributed by atoms with Crippen molar-refractivity contribution in [1.29, 1.82) is 5.26 Å². The summed E-state index contributed by atoms with van der Waals surface area (Å²) in [4.78, 5) is 9.77. The fraction of sp³-hybridized carbons (Fsp3) is 0.364. The van der Waals surface area contributed by atoms with E-state index in [0.29, 0.717) is 11.3 Å². The lowest BCUT2D eigenvalue weighted by Crippen LogP contribution is -2.26. The summed E-state index contributed by atoms with van der Waals surface area (Å²) in [5, 5.41) is 12.7. The lowest BCUT2D eigenvalue weighted by molar-refractivity contribution is 0.218. The van der Waals surface area contributed by atoms with E-state index >= 15 is 0 Å². The third-order valence-electron chi connectivity index (χ3n) is 5.28. The van der Waals surface area contributed by atoms with Crippen LogP contribution in [-0.2, 0) is 12.8 Å². The Morgan fingerprint density at radius 2 is 2.04 bits per heavy atom. The van der Waals surface area contributed by atoms with Gasteiger partial charge in [0.15, 0.2) is 0 Å². The highest BCUT2D eigenvalue weighted by Gasteiger charge is 2.32. The summed E-state index contributed by atoms with van der Waals surface area (Å²) in [6.07, 6.45) is 5.17. The van der Waals surface area contributed by atoms with Crippen LogP contribution < -0.4 is 0 Å². The summed E-state index contributed by atoms with van der Waals surface area (Å²) in [7, 11) is 0. The van der Waals surface area contributed by atoms with E-state index in [1.54, 1.807) is 34.0 Å². The van der Waals surface area contributed by atoms with Gasteiger partial charge in [0.05, 0.1) is 5.56 Å². The van der Waals surface area contributed by atoms with Gasteiger partial charge in [-0.05, 0) is 59.7 Å². The second-order valence-corrected chi connectivity index (χ2v) is 11.2. The number of hydrogen-bond acceptors (Lipinski definition) is 5. The van der Waals surface area contributed by atoms with Crippen LogP contribution in [0.25, 0.3) is 9.75 Å². The van der Waals surface area contributed by atoms with Gasteiger partial charge in [-0.2, -0.15) is 5.26 Å². The molecule has 27 heavy (non-hydrogen) atoms. The first kappa shape index (κ1) is 18.6. The molecule has 3 aromatic heterocycles. The molecule has 0 N–H and O–H groups in total. The summed E-state index contributed by atoms with van der Waals surface area (Å²) in [5.74, 6) is 0.678. The quantitative estimate of drug-likeness (QED) is 0.417. The lowest BCUT2D eigenvalue weighted by Gasteiger charge is -2.33. The van der Waals surface area contributed by atoms with Gasteiger partial charge < -0.3 is 0 Å². The van der Waals surface area contributed by atoms with E-state index < -0.39 is 0 Å². The lowest BCUT2D eigenvalue weighted by atomic mass is 9.72. The number of aliphatic imine (C=N–C) groups is 1. The van der Waals surface area contributed by atoms with E-state index in [-0.39, 0.29) is 0 Å². The van der Waals surface area contributed by atoms with Crippen molar-refractivity contribution in [1.82, 2.24) is 0 Å². The highest BCUT2D eigenvalue weighted by atomic mass is 32.1. The highest BCUT2D eigenvalue weighted by Crippen LogP contribution is 2.45. The molecule has 0 amide bonds. The third-order valence-corrected chi connectivity index (χ3v) is 8.53. The monoisotopic (exact) mass is 410 g/mol. The van der Waals surface area contributed by atoms with Crippen LogP contribution in [-0.4, -0.2) is 6.21 Å². The third kappa shape index (κ3) is 3.80. The normalized spacial score (nSPS) is 17.2. The average molecular weight is 411 g/mol. The van der Waals surface area contributed by atoms with E-state index in [1.807, 2.05) is 6.21 Å². The highest BCUT2D eigenvalue weighted by molar-refractivity contribution is 7.22. The molecular weight excluding hydrogens is 388 g/mol. The van der Waals surface area contributed by atoms with E-state index in [2.05, 4.69) is 56.5 Å². The molecule has 0 aromatic carbocycles. The summed E-state index contributed by atoms with van der Waals surface area (Å²) in [6.45, 7) is 6.97. The molecule has 1 aliphatic carbocycles. The Morgan fingerprint density at radius 3 is 2.74 bits per heavy atom. The SMILES string of the molecule is CC(C)(C)C1CCc2c(sc(N=Cc3ccc(-c4cccs4)s3)c2C#N)C1. The van der Waals surface area contributed by atoms with Gasteiger partial charge in [-0.3, -0.25) is 0 Å². The van der Waals surface area contributed by atoms with Gasteiger partial charge in [0.25, 0.3) is 0 Å². The molecule has 2 nitrogen and oxygen atoms in total. The van der Waals surface area contributed by atoms with Gasteiger partial charge in [-0.25, -0.2) is 4.99 Å². The van der Waals surface area contributed by atoms with Crippen molar-refractivity contribution < 1.29 is 0 Å². The van der Waals surface area contributed by atoms with Crippen molar-refractivity contribution in [2.75, 3.05) is 0 Å². The second kappa shape index (κ2) is 7.35. The van der Waals surface area contributed by atoms with Crippen molar-refractivity contribution in [2.24, 2.45) is 16.3 Å².